The van der Waals surface area contributed by atoms with E-state index >= 15 is 0 Å². The first kappa shape index (κ1) is 15.6. The number of hydrogen-bond donors (Lipinski definition) is 0. The van der Waals surface area contributed by atoms with Crippen LogP contribution in [0.25, 0.3) is 0 Å². The van der Waals surface area contributed by atoms with Gasteiger partial charge in [0, 0.05) is 12.8 Å². The zero-order valence-corrected chi connectivity index (χ0v) is 11.9. The molecule has 1 rings (SSSR count). The molecule has 0 aliphatic heterocycles. The molecule has 0 aliphatic rings. The number of esters is 1. The van der Waals surface area contributed by atoms with Gasteiger partial charge in [-0.15, -0.1) is 0 Å². The van der Waals surface area contributed by atoms with Crippen molar-refractivity contribution >= 4 is 5.97 Å². The van der Waals surface area contributed by atoms with Crippen molar-refractivity contribution in [2.45, 2.75) is 45.6 Å². The summed E-state index contributed by atoms with van der Waals surface area (Å²) in [5.41, 5.74) is 1.30. The van der Waals surface area contributed by atoms with Crippen molar-refractivity contribution in [3.8, 4) is 0 Å². The number of unbranched alkanes of at least 4 members (excludes halogenated alkanes) is 4. The lowest BCUT2D eigenvalue weighted by atomic mass is 10.2. The molecular weight excluding hydrogens is 242 g/mol. The summed E-state index contributed by atoms with van der Waals surface area (Å²) in [5.74, 6) is -0.365. The Morgan fingerprint density at radius 3 is 2.63 bits per heavy atom. The average molecular weight is 265 g/mol. The van der Waals surface area contributed by atoms with Crippen LogP contribution in [0.2, 0.25) is 0 Å². The maximum atomic E-state index is 11.2. The van der Waals surface area contributed by atoms with Crippen LogP contribution in [0.4, 0.5) is 0 Å². The van der Waals surface area contributed by atoms with E-state index in [0.717, 1.165) is 18.7 Å². The third-order valence-electron chi connectivity index (χ3n) is 2.89. The van der Waals surface area contributed by atoms with Gasteiger partial charge in [0.1, 0.15) is 0 Å². The number of methoxy groups -OCH3 is 1. The van der Waals surface area contributed by atoms with Gasteiger partial charge in [0.15, 0.2) is 0 Å². The molecule has 106 valence electrons. The van der Waals surface area contributed by atoms with Gasteiger partial charge in [-0.25, -0.2) is 4.79 Å². The number of ether oxygens (including phenoxy) is 2. The van der Waals surface area contributed by atoms with Crippen LogP contribution in [0.15, 0.2) is 18.3 Å². The van der Waals surface area contributed by atoms with E-state index in [4.69, 9.17) is 4.74 Å². The molecular formula is C15H23NO3. The number of carbonyl (C=O) groups excluding carboxylic acids is 1. The Hall–Kier alpha value is -1.42. The lowest BCUT2D eigenvalue weighted by molar-refractivity contribution is 0.0600. The number of aromatic nitrogens is 1. The van der Waals surface area contributed by atoms with Crippen LogP contribution >= 0.6 is 0 Å². The van der Waals surface area contributed by atoms with E-state index in [1.807, 2.05) is 0 Å². The van der Waals surface area contributed by atoms with E-state index in [9.17, 15) is 4.79 Å². The number of nitrogens with zero attached hydrogens (tertiary/aromatic N) is 1. The van der Waals surface area contributed by atoms with Gasteiger partial charge in [0.2, 0.25) is 0 Å². The van der Waals surface area contributed by atoms with Crippen molar-refractivity contribution in [1.29, 1.82) is 0 Å². The molecule has 19 heavy (non-hydrogen) atoms. The highest BCUT2D eigenvalue weighted by Crippen LogP contribution is 2.05. The summed E-state index contributed by atoms with van der Waals surface area (Å²) < 4.78 is 10.2. The van der Waals surface area contributed by atoms with Gasteiger partial charge < -0.3 is 9.47 Å². The van der Waals surface area contributed by atoms with Crippen LogP contribution in [0.5, 0.6) is 0 Å². The fraction of sp³-hybridized carbons (Fsp3) is 0.600. The van der Waals surface area contributed by atoms with Crippen LogP contribution in [0.3, 0.4) is 0 Å². The number of carbonyl (C=O) groups is 1. The Morgan fingerprint density at radius 2 is 2.00 bits per heavy atom. The Labute approximate surface area is 115 Å². The van der Waals surface area contributed by atoms with Gasteiger partial charge in [-0.1, -0.05) is 32.6 Å². The molecule has 0 spiro atoms. The highest BCUT2D eigenvalue weighted by molar-refractivity contribution is 5.88. The third kappa shape index (κ3) is 6.34. The summed E-state index contributed by atoms with van der Waals surface area (Å²) in [4.78, 5) is 15.4. The summed E-state index contributed by atoms with van der Waals surface area (Å²) in [7, 11) is 1.36. The molecule has 0 radical (unpaired) electrons. The minimum absolute atomic E-state index is 0.365. The lowest BCUT2D eigenvalue weighted by Gasteiger charge is -2.04. The standard InChI is InChI=1S/C15H23NO3/c1-3-4-5-6-7-10-19-12-14-9-8-13(11-16-14)15(17)18-2/h8-9,11H,3-7,10,12H2,1-2H3. The number of pyridine rings is 1. The van der Waals surface area contributed by atoms with E-state index in [-0.39, 0.29) is 5.97 Å². The Balaban J connectivity index is 2.18. The molecule has 0 bridgehead atoms. The van der Waals surface area contributed by atoms with Crippen LogP contribution in [0.1, 0.15) is 55.1 Å². The van der Waals surface area contributed by atoms with Crippen LogP contribution < -0.4 is 0 Å². The second-order valence-corrected chi connectivity index (χ2v) is 4.50. The van der Waals surface area contributed by atoms with Crippen LogP contribution in [0, 0.1) is 0 Å². The lowest BCUT2D eigenvalue weighted by Crippen LogP contribution is -2.03. The van der Waals surface area contributed by atoms with Gasteiger partial charge in [-0.05, 0) is 18.6 Å². The van der Waals surface area contributed by atoms with Crippen molar-refractivity contribution < 1.29 is 14.3 Å². The monoisotopic (exact) mass is 265 g/mol. The van der Waals surface area contributed by atoms with Crippen molar-refractivity contribution in [3.63, 3.8) is 0 Å². The SMILES string of the molecule is CCCCCCCOCc1ccc(C(=O)OC)cn1. The van der Waals surface area contributed by atoms with Crippen LogP contribution in [-0.2, 0) is 16.1 Å². The molecule has 0 saturated carbocycles. The topological polar surface area (TPSA) is 48.4 Å². The first-order chi connectivity index (χ1) is 9.27. The second-order valence-electron chi connectivity index (χ2n) is 4.50. The van der Waals surface area contributed by atoms with Crippen molar-refractivity contribution in [3.05, 3.63) is 29.6 Å². The van der Waals surface area contributed by atoms with E-state index in [1.54, 1.807) is 12.1 Å². The predicted molar refractivity (Wildman–Crippen MR) is 74.0 cm³/mol. The second kappa shape index (κ2) is 9.50. The zero-order chi connectivity index (χ0) is 13.9. The smallest absolute Gasteiger partial charge is 0.339 e. The van der Waals surface area contributed by atoms with Crippen molar-refractivity contribution in [2.75, 3.05) is 13.7 Å². The average Bonchev–Trinajstić information content (AvgIpc) is 2.46. The summed E-state index contributed by atoms with van der Waals surface area (Å²) >= 11 is 0. The zero-order valence-electron chi connectivity index (χ0n) is 11.9. The van der Waals surface area contributed by atoms with Gasteiger partial charge in [-0.3, -0.25) is 4.98 Å². The predicted octanol–water partition coefficient (Wildman–Crippen LogP) is 3.36. The largest absolute Gasteiger partial charge is 0.465 e. The normalized spacial score (nSPS) is 10.4. The van der Waals surface area contributed by atoms with E-state index < -0.39 is 0 Å². The van der Waals surface area contributed by atoms with Gasteiger partial charge in [0.25, 0.3) is 0 Å². The highest BCUT2D eigenvalue weighted by atomic mass is 16.5. The minimum Gasteiger partial charge on any atom is -0.465 e. The Morgan fingerprint density at radius 1 is 1.21 bits per heavy atom. The van der Waals surface area contributed by atoms with E-state index in [0.29, 0.717) is 12.2 Å². The molecule has 0 atom stereocenters. The van der Waals surface area contributed by atoms with Crippen LogP contribution in [-0.4, -0.2) is 24.7 Å². The molecule has 0 amide bonds. The molecule has 4 heteroatoms. The number of hydrogen-bond acceptors (Lipinski definition) is 4. The maximum Gasteiger partial charge on any atom is 0.339 e. The summed E-state index contributed by atoms with van der Waals surface area (Å²) in [6, 6.07) is 3.50. The van der Waals surface area contributed by atoms with Gasteiger partial charge in [0.05, 0.1) is 25.0 Å². The molecule has 0 N–H and O–H groups in total. The third-order valence-corrected chi connectivity index (χ3v) is 2.89. The molecule has 0 saturated heterocycles. The molecule has 0 fully saturated rings. The quantitative estimate of drug-likeness (QED) is 0.507. The van der Waals surface area contributed by atoms with Crippen molar-refractivity contribution in [1.82, 2.24) is 4.98 Å². The summed E-state index contributed by atoms with van der Waals surface area (Å²) in [6.45, 7) is 3.47. The summed E-state index contributed by atoms with van der Waals surface area (Å²) in [5, 5.41) is 0. The first-order valence-corrected chi connectivity index (χ1v) is 6.89. The van der Waals surface area contributed by atoms with Gasteiger partial charge in [-0.2, -0.15) is 0 Å². The van der Waals surface area contributed by atoms with Gasteiger partial charge >= 0.3 is 5.97 Å². The van der Waals surface area contributed by atoms with Crippen molar-refractivity contribution in [2.24, 2.45) is 0 Å². The molecule has 1 heterocycles. The molecule has 0 aliphatic carbocycles. The molecule has 4 nitrogen and oxygen atoms in total. The first-order valence-electron chi connectivity index (χ1n) is 6.89. The highest BCUT2D eigenvalue weighted by Gasteiger charge is 2.05. The summed E-state index contributed by atoms with van der Waals surface area (Å²) in [6.07, 6.45) is 7.69. The van der Waals surface area contributed by atoms with E-state index in [2.05, 4.69) is 16.6 Å². The fourth-order valence-electron chi connectivity index (χ4n) is 1.73. The molecule has 1 aromatic heterocycles. The van der Waals surface area contributed by atoms with E-state index in [1.165, 1.54) is 39.0 Å². The minimum atomic E-state index is -0.365. The maximum absolute atomic E-state index is 11.2. The fourth-order valence-corrected chi connectivity index (χ4v) is 1.73. The Bertz CT molecular complexity index is 362. The molecule has 0 aromatic carbocycles. The molecule has 0 unspecified atom stereocenters. The molecule has 1 aromatic rings. The Kier molecular flexibility index (Phi) is 7.82. The number of rotatable bonds is 9.